The monoisotopic (exact) mass is 621 g/mol. The number of halogens is 1. The molecular formula is C29H24BrN3O6S. The average Bonchev–Trinajstić information content (AvgIpc) is 3.21. The van der Waals surface area contributed by atoms with Gasteiger partial charge in [0.1, 0.15) is 18.9 Å². The van der Waals surface area contributed by atoms with Gasteiger partial charge < -0.3 is 19.5 Å². The van der Waals surface area contributed by atoms with E-state index in [4.69, 9.17) is 14.2 Å². The molecule has 0 unspecified atom stereocenters. The average molecular weight is 622 g/mol. The highest BCUT2D eigenvalue weighted by Gasteiger charge is 2.36. The van der Waals surface area contributed by atoms with Gasteiger partial charge in [-0.25, -0.2) is 0 Å². The predicted molar refractivity (Wildman–Crippen MR) is 155 cm³/mol. The number of carbonyl (C=O) groups is 3. The van der Waals surface area contributed by atoms with Crippen LogP contribution in [0.3, 0.4) is 0 Å². The standard InChI is InChI=1S/C29H24BrN3O6S/c1-3-38-24-12-20(23(30)14-25(24)39-17-19-7-5-4-6-18(19)15-31)13-26-28(35)33(29(36)40-26)16-27(34)32-21-8-10-22(37-2)11-9-21/h4-14H,3,16-17H2,1-2H3,(H,32,34)/b26-13+. The number of thioether (sulfide) groups is 1. The van der Waals surface area contributed by atoms with Crippen LogP contribution in [0, 0.1) is 11.3 Å². The summed E-state index contributed by atoms with van der Waals surface area (Å²) in [5.41, 5.74) is 2.35. The number of benzene rings is 3. The van der Waals surface area contributed by atoms with Crippen molar-refractivity contribution in [3.8, 4) is 23.3 Å². The fourth-order valence-electron chi connectivity index (χ4n) is 3.75. The van der Waals surface area contributed by atoms with Crippen molar-refractivity contribution in [3.63, 3.8) is 0 Å². The first-order valence-corrected chi connectivity index (χ1v) is 13.7. The van der Waals surface area contributed by atoms with E-state index in [-0.39, 0.29) is 11.5 Å². The second-order valence-electron chi connectivity index (χ2n) is 8.36. The van der Waals surface area contributed by atoms with Gasteiger partial charge in [-0.15, -0.1) is 0 Å². The molecule has 0 saturated carbocycles. The van der Waals surface area contributed by atoms with E-state index in [0.717, 1.165) is 22.2 Å². The molecule has 1 heterocycles. The summed E-state index contributed by atoms with van der Waals surface area (Å²) < 4.78 is 17.4. The van der Waals surface area contributed by atoms with Crippen molar-refractivity contribution < 1.29 is 28.6 Å². The van der Waals surface area contributed by atoms with E-state index in [1.807, 2.05) is 19.1 Å². The fourth-order valence-corrected chi connectivity index (χ4v) is 5.02. The van der Waals surface area contributed by atoms with Gasteiger partial charge in [0.15, 0.2) is 11.5 Å². The number of hydrogen-bond acceptors (Lipinski definition) is 8. The minimum absolute atomic E-state index is 0.160. The van der Waals surface area contributed by atoms with Crippen LogP contribution < -0.4 is 19.5 Å². The highest BCUT2D eigenvalue weighted by Crippen LogP contribution is 2.38. The molecule has 0 atom stereocenters. The lowest BCUT2D eigenvalue weighted by Gasteiger charge is -2.15. The molecule has 3 amide bonds. The molecule has 0 bridgehead atoms. The smallest absolute Gasteiger partial charge is 0.294 e. The van der Waals surface area contributed by atoms with Gasteiger partial charge in [-0.1, -0.05) is 34.1 Å². The number of nitrogens with one attached hydrogen (secondary N) is 1. The van der Waals surface area contributed by atoms with E-state index in [0.29, 0.717) is 45.1 Å². The van der Waals surface area contributed by atoms with Crippen LogP contribution in [-0.4, -0.2) is 42.2 Å². The zero-order chi connectivity index (χ0) is 28.6. The molecule has 1 aliphatic heterocycles. The molecule has 4 rings (SSSR count). The number of ether oxygens (including phenoxy) is 3. The van der Waals surface area contributed by atoms with Gasteiger partial charge in [0.05, 0.1) is 30.3 Å². The van der Waals surface area contributed by atoms with Crippen molar-refractivity contribution in [1.29, 1.82) is 5.26 Å². The maximum absolute atomic E-state index is 13.0. The largest absolute Gasteiger partial charge is 0.497 e. The Morgan fingerprint density at radius 2 is 1.82 bits per heavy atom. The van der Waals surface area contributed by atoms with Crippen molar-refractivity contribution >= 4 is 56.5 Å². The number of hydrogen-bond donors (Lipinski definition) is 1. The SMILES string of the molecule is CCOc1cc(/C=C2/SC(=O)N(CC(=O)Nc3ccc(OC)cc3)C2=O)c(Br)cc1OCc1ccccc1C#N. The van der Waals surface area contributed by atoms with Gasteiger partial charge in [0.2, 0.25) is 5.91 Å². The van der Waals surface area contributed by atoms with Crippen molar-refractivity contribution in [1.82, 2.24) is 4.90 Å². The lowest BCUT2D eigenvalue weighted by atomic mass is 10.1. The summed E-state index contributed by atoms with van der Waals surface area (Å²) in [6.45, 7) is 1.94. The maximum atomic E-state index is 13.0. The topological polar surface area (TPSA) is 118 Å². The van der Waals surface area contributed by atoms with Gasteiger partial charge >= 0.3 is 0 Å². The number of amides is 3. The quantitative estimate of drug-likeness (QED) is 0.275. The van der Waals surface area contributed by atoms with Gasteiger partial charge in [0.25, 0.3) is 11.1 Å². The lowest BCUT2D eigenvalue weighted by Crippen LogP contribution is -2.36. The number of nitriles is 1. The van der Waals surface area contributed by atoms with Gasteiger partial charge in [0, 0.05) is 15.7 Å². The fraction of sp³-hybridized carbons (Fsp3) is 0.172. The molecule has 1 fully saturated rings. The van der Waals surface area contributed by atoms with E-state index in [1.165, 1.54) is 7.11 Å². The molecule has 204 valence electrons. The number of imide groups is 1. The third-order valence-electron chi connectivity index (χ3n) is 5.72. The molecule has 40 heavy (non-hydrogen) atoms. The van der Waals surface area contributed by atoms with Gasteiger partial charge in [-0.05, 0) is 72.8 Å². The summed E-state index contributed by atoms with van der Waals surface area (Å²) in [7, 11) is 1.54. The van der Waals surface area contributed by atoms with Crippen LogP contribution >= 0.6 is 27.7 Å². The van der Waals surface area contributed by atoms with Crippen LogP contribution in [-0.2, 0) is 16.2 Å². The van der Waals surface area contributed by atoms with E-state index in [9.17, 15) is 19.6 Å². The molecular weight excluding hydrogens is 598 g/mol. The summed E-state index contributed by atoms with van der Waals surface area (Å²) in [5.74, 6) is 0.439. The van der Waals surface area contributed by atoms with E-state index < -0.39 is 23.6 Å². The lowest BCUT2D eigenvalue weighted by molar-refractivity contribution is -0.127. The number of rotatable bonds is 10. The van der Waals surface area contributed by atoms with Gasteiger partial charge in [-0.2, -0.15) is 5.26 Å². The Kier molecular flexibility index (Phi) is 9.47. The number of nitrogens with zero attached hydrogens (tertiary/aromatic N) is 2. The maximum Gasteiger partial charge on any atom is 0.294 e. The first-order chi connectivity index (χ1) is 19.3. The summed E-state index contributed by atoms with van der Waals surface area (Å²) in [6, 6.07) is 19.4. The Balaban J connectivity index is 1.49. The number of anilines is 1. The normalized spacial score (nSPS) is 13.8. The Bertz CT molecular complexity index is 1520. The van der Waals surface area contributed by atoms with Crippen LogP contribution in [0.2, 0.25) is 0 Å². The summed E-state index contributed by atoms with van der Waals surface area (Å²) in [6.07, 6.45) is 1.56. The van der Waals surface area contributed by atoms with E-state index in [1.54, 1.807) is 54.6 Å². The van der Waals surface area contributed by atoms with Crippen molar-refractivity contribution in [2.75, 3.05) is 25.6 Å². The Morgan fingerprint density at radius 1 is 1.10 bits per heavy atom. The minimum atomic E-state index is -0.571. The molecule has 1 aliphatic rings. The molecule has 0 radical (unpaired) electrons. The Morgan fingerprint density at radius 3 is 2.52 bits per heavy atom. The second kappa shape index (κ2) is 13.2. The number of carbonyl (C=O) groups excluding carboxylic acids is 3. The zero-order valence-electron chi connectivity index (χ0n) is 21.6. The molecule has 0 aliphatic carbocycles. The summed E-state index contributed by atoms with van der Waals surface area (Å²) in [5, 5.41) is 11.5. The van der Waals surface area contributed by atoms with Crippen LogP contribution in [0.4, 0.5) is 10.5 Å². The molecule has 1 saturated heterocycles. The Labute approximate surface area is 243 Å². The summed E-state index contributed by atoms with van der Waals surface area (Å²) in [4.78, 5) is 39.2. The second-order valence-corrected chi connectivity index (χ2v) is 10.2. The predicted octanol–water partition coefficient (Wildman–Crippen LogP) is 5.98. The summed E-state index contributed by atoms with van der Waals surface area (Å²) >= 11 is 4.26. The molecule has 9 nitrogen and oxygen atoms in total. The van der Waals surface area contributed by atoms with Crippen LogP contribution in [0.5, 0.6) is 17.2 Å². The number of methoxy groups -OCH3 is 1. The molecule has 0 spiro atoms. The first-order valence-electron chi connectivity index (χ1n) is 12.1. The molecule has 1 N–H and O–H groups in total. The van der Waals surface area contributed by atoms with Crippen LogP contribution in [0.25, 0.3) is 6.08 Å². The Hall–Kier alpha value is -4.27. The first kappa shape index (κ1) is 28.7. The van der Waals surface area contributed by atoms with Crippen LogP contribution in [0.15, 0.2) is 70.0 Å². The van der Waals surface area contributed by atoms with Gasteiger partial charge in [-0.3, -0.25) is 19.3 Å². The highest BCUT2D eigenvalue weighted by atomic mass is 79.9. The minimum Gasteiger partial charge on any atom is -0.497 e. The third kappa shape index (κ3) is 6.83. The van der Waals surface area contributed by atoms with Crippen molar-refractivity contribution in [2.24, 2.45) is 0 Å². The molecule has 11 heteroatoms. The molecule has 0 aromatic heterocycles. The van der Waals surface area contributed by atoms with Crippen molar-refractivity contribution in [3.05, 3.63) is 86.7 Å². The van der Waals surface area contributed by atoms with E-state index in [2.05, 4.69) is 27.3 Å². The van der Waals surface area contributed by atoms with Crippen molar-refractivity contribution in [2.45, 2.75) is 13.5 Å². The molecule has 3 aromatic rings. The molecule has 3 aromatic carbocycles. The highest BCUT2D eigenvalue weighted by molar-refractivity contribution is 9.10. The third-order valence-corrected chi connectivity index (χ3v) is 7.31. The van der Waals surface area contributed by atoms with Crippen LogP contribution in [0.1, 0.15) is 23.6 Å². The van der Waals surface area contributed by atoms with E-state index >= 15 is 0 Å². The zero-order valence-corrected chi connectivity index (χ0v) is 24.0.